The molecule has 0 radical (unpaired) electrons. The van der Waals surface area contributed by atoms with Gasteiger partial charge in [-0.1, -0.05) is 13.8 Å². The van der Waals surface area contributed by atoms with Crippen LogP contribution in [0.15, 0.2) is 0 Å². The molecule has 0 bridgehead atoms. The van der Waals surface area contributed by atoms with Gasteiger partial charge < -0.3 is 15.7 Å². The molecule has 0 aromatic heterocycles. The Hall–Kier alpha value is -0.120. The maximum absolute atomic E-state index is 9.05. The molecule has 0 heterocycles. The fourth-order valence-corrected chi connectivity index (χ4v) is 1.62. The van der Waals surface area contributed by atoms with Crippen LogP contribution in [0.2, 0.25) is 0 Å². The Morgan fingerprint density at radius 1 is 1.31 bits per heavy atom. The van der Waals surface area contributed by atoms with Gasteiger partial charge in [0.15, 0.2) is 0 Å². The Kier molecular flexibility index (Phi) is 4.70. The molecule has 1 aliphatic rings. The van der Waals surface area contributed by atoms with E-state index in [1.54, 1.807) is 0 Å². The van der Waals surface area contributed by atoms with Crippen LogP contribution in [-0.4, -0.2) is 36.9 Å². The van der Waals surface area contributed by atoms with Gasteiger partial charge in [0, 0.05) is 19.1 Å². The van der Waals surface area contributed by atoms with Crippen molar-refractivity contribution >= 4 is 0 Å². The molecule has 0 aromatic rings. The van der Waals surface area contributed by atoms with Gasteiger partial charge in [-0.2, -0.15) is 0 Å². The third-order valence-corrected chi connectivity index (χ3v) is 2.50. The lowest BCUT2D eigenvalue weighted by Crippen LogP contribution is -2.39. The first kappa shape index (κ1) is 11.0. The van der Waals surface area contributed by atoms with E-state index < -0.39 is 0 Å². The maximum Gasteiger partial charge on any atom is 0.0546 e. The van der Waals surface area contributed by atoms with Crippen LogP contribution in [0.3, 0.4) is 0 Å². The van der Waals surface area contributed by atoms with Crippen molar-refractivity contribution in [2.45, 2.75) is 38.8 Å². The fourth-order valence-electron chi connectivity index (χ4n) is 1.62. The minimum Gasteiger partial charge on any atom is -0.393 e. The summed E-state index contributed by atoms with van der Waals surface area (Å²) < 4.78 is 0. The standard InChI is InChI=1S/C10H22N2O/c1-8(2)12-4-3-11-7-9-5-10(13)6-9/h8-13H,3-7H2,1-2H3. The third kappa shape index (κ3) is 4.60. The zero-order chi connectivity index (χ0) is 9.68. The minimum absolute atomic E-state index is 0.0133. The molecule has 1 aliphatic carbocycles. The normalized spacial score (nSPS) is 27.7. The lowest BCUT2D eigenvalue weighted by atomic mass is 9.82. The molecule has 0 unspecified atom stereocenters. The monoisotopic (exact) mass is 186 g/mol. The van der Waals surface area contributed by atoms with Crippen molar-refractivity contribution in [2.24, 2.45) is 5.92 Å². The summed E-state index contributed by atoms with van der Waals surface area (Å²) in [6.07, 6.45) is 1.97. The Morgan fingerprint density at radius 3 is 2.54 bits per heavy atom. The van der Waals surface area contributed by atoms with Gasteiger partial charge in [0.05, 0.1) is 6.10 Å². The molecule has 0 atom stereocenters. The third-order valence-electron chi connectivity index (χ3n) is 2.50. The van der Waals surface area contributed by atoms with Gasteiger partial charge in [-0.15, -0.1) is 0 Å². The largest absolute Gasteiger partial charge is 0.393 e. The molecule has 1 fully saturated rings. The van der Waals surface area contributed by atoms with Crippen molar-refractivity contribution in [3.63, 3.8) is 0 Å². The van der Waals surface area contributed by atoms with Crippen LogP contribution in [0.5, 0.6) is 0 Å². The van der Waals surface area contributed by atoms with E-state index in [0.29, 0.717) is 12.0 Å². The predicted molar refractivity (Wildman–Crippen MR) is 54.7 cm³/mol. The van der Waals surface area contributed by atoms with Crippen molar-refractivity contribution in [1.29, 1.82) is 0 Å². The van der Waals surface area contributed by atoms with Crippen LogP contribution in [0.1, 0.15) is 26.7 Å². The number of nitrogens with one attached hydrogen (secondary N) is 2. The van der Waals surface area contributed by atoms with Gasteiger partial charge in [0.2, 0.25) is 0 Å². The van der Waals surface area contributed by atoms with Gasteiger partial charge in [-0.05, 0) is 25.3 Å². The second-order valence-electron chi connectivity index (χ2n) is 4.30. The summed E-state index contributed by atoms with van der Waals surface area (Å²) in [4.78, 5) is 0. The zero-order valence-corrected chi connectivity index (χ0v) is 8.71. The van der Waals surface area contributed by atoms with E-state index in [1.807, 2.05) is 0 Å². The van der Waals surface area contributed by atoms with Crippen LogP contribution < -0.4 is 10.6 Å². The predicted octanol–water partition coefficient (Wildman–Crippen LogP) is 0.345. The Balaban J connectivity index is 1.79. The summed E-state index contributed by atoms with van der Waals surface area (Å²) in [6.45, 7) is 7.44. The highest BCUT2D eigenvalue weighted by Crippen LogP contribution is 2.25. The number of rotatable bonds is 6. The zero-order valence-electron chi connectivity index (χ0n) is 8.71. The second-order valence-corrected chi connectivity index (χ2v) is 4.30. The van der Waals surface area contributed by atoms with Crippen LogP contribution >= 0.6 is 0 Å². The summed E-state index contributed by atoms with van der Waals surface area (Å²) in [5.74, 6) is 0.717. The molecule has 1 rings (SSSR count). The van der Waals surface area contributed by atoms with Crippen molar-refractivity contribution in [3.05, 3.63) is 0 Å². The molecule has 78 valence electrons. The number of aliphatic hydroxyl groups excluding tert-OH is 1. The lowest BCUT2D eigenvalue weighted by molar-refractivity contribution is 0.0432. The summed E-state index contributed by atoms with van der Waals surface area (Å²) in [5.41, 5.74) is 0. The van der Waals surface area contributed by atoms with E-state index in [9.17, 15) is 0 Å². The van der Waals surface area contributed by atoms with E-state index >= 15 is 0 Å². The summed E-state index contributed by atoms with van der Waals surface area (Å²) in [6, 6.07) is 0.576. The fraction of sp³-hybridized carbons (Fsp3) is 1.00. The second kappa shape index (κ2) is 5.58. The van der Waals surface area contributed by atoms with E-state index in [4.69, 9.17) is 5.11 Å². The molecule has 3 nitrogen and oxygen atoms in total. The Labute approximate surface area is 80.9 Å². The molecule has 0 saturated heterocycles. The molecule has 13 heavy (non-hydrogen) atoms. The summed E-state index contributed by atoms with van der Waals surface area (Å²) in [7, 11) is 0. The number of aliphatic hydroxyl groups is 1. The quantitative estimate of drug-likeness (QED) is 0.524. The van der Waals surface area contributed by atoms with E-state index in [1.165, 1.54) is 0 Å². The first-order valence-corrected chi connectivity index (χ1v) is 5.30. The van der Waals surface area contributed by atoms with Crippen molar-refractivity contribution in [3.8, 4) is 0 Å². The summed E-state index contributed by atoms with van der Waals surface area (Å²) in [5, 5.41) is 15.8. The highest BCUT2D eigenvalue weighted by Gasteiger charge is 2.26. The molecule has 0 aliphatic heterocycles. The van der Waals surface area contributed by atoms with E-state index in [-0.39, 0.29) is 6.10 Å². The van der Waals surface area contributed by atoms with Gasteiger partial charge in [-0.25, -0.2) is 0 Å². The lowest BCUT2D eigenvalue weighted by Gasteiger charge is -2.31. The minimum atomic E-state index is -0.0133. The molecule has 3 heteroatoms. The first-order chi connectivity index (χ1) is 6.18. The van der Waals surface area contributed by atoms with Crippen molar-refractivity contribution < 1.29 is 5.11 Å². The Morgan fingerprint density at radius 2 is 2.00 bits per heavy atom. The van der Waals surface area contributed by atoms with Crippen LogP contribution in [-0.2, 0) is 0 Å². The van der Waals surface area contributed by atoms with Crippen LogP contribution in [0, 0.1) is 5.92 Å². The summed E-state index contributed by atoms with van der Waals surface area (Å²) >= 11 is 0. The van der Waals surface area contributed by atoms with E-state index in [0.717, 1.165) is 32.5 Å². The highest BCUT2D eigenvalue weighted by molar-refractivity contribution is 4.80. The molecule has 0 spiro atoms. The molecule has 1 saturated carbocycles. The van der Waals surface area contributed by atoms with Gasteiger partial charge in [0.1, 0.15) is 0 Å². The van der Waals surface area contributed by atoms with E-state index in [2.05, 4.69) is 24.5 Å². The highest BCUT2D eigenvalue weighted by atomic mass is 16.3. The van der Waals surface area contributed by atoms with Crippen LogP contribution in [0.25, 0.3) is 0 Å². The molecule has 0 aromatic carbocycles. The molecular formula is C10H22N2O. The topological polar surface area (TPSA) is 44.3 Å². The maximum atomic E-state index is 9.05. The molecule has 0 amide bonds. The van der Waals surface area contributed by atoms with Gasteiger partial charge in [-0.3, -0.25) is 0 Å². The smallest absolute Gasteiger partial charge is 0.0546 e. The molecule has 3 N–H and O–H groups in total. The van der Waals surface area contributed by atoms with Crippen molar-refractivity contribution in [1.82, 2.24) is 10.6 Å². The van der Waals surface area contributed by atoms with Crippen LogP contribution in [0.4, 0.5) is 0 Å². The number of hydrogen-bond donors (Lipinski definition) is 3. The average molecular weight is 186 g/mol. The first-order valence-electron chi connectivity index (χ1n) is 5.30. The Bertz CT molecular complexity index is 133. The van der Waals surface area contributed by atoms with Gasteiger partial charge >= 0.3 is 0 Å². The average Bonchev–Trinajstić information content (AvgIpc) is 1.99. The SMILES string of the molecule is CC(C)NCCNCC1CC(O)C1. The van der Waals surface area contributed by atoms with Crippen molar-refractivity contribution in [2.75, 3.05) is 19.6 Å². The molecular weight excluding hydrogens is 164 g/mol. The van der Waals surface area contributed by atoms with Gasteiger partial charge in [0.25, 0.3) is 0 Å². The number of hydrogen-bond acceptors (Lipinski definition) is 3.